The minimum Gasteiger partial charge on any atom is -0.394 e. The third-order valence-corrected chi connectivity index (χ3v) is 3.50. The Hall–Kier alpha value is -1.40. The zero-order chi connectivity index (χ0) is 13.8. The van der Waals surface area contributed by atoms with Crippen molar-refractivity contribution >= 4 is 5.91 Å². The largest absolute Gasteiger partial charge is 0.394 e. The summed E-state index contributed by atoms with van der Waals surface area (Å²) in [6.07, 6.45) is 2.77. The molecule has 2 N–H and O–H groups in total. The molecule has 0 bridgehead atoms. The summed E-state index contributed by atoms with van der Waals surface area (Å²) in [6, 6.07) is 0.224. The molecule has 1 aliphatic heterocycles. The third kappa shape index (κ3) is 3.33. The first-order valence-electron chi connectivity index (χ1n) is 6.80. The summed E-state index contributed by atoms with van der Waals surface area (Å²) in [7, 11) is 0. The highest BCUT2D eigenvalue weighted by atomic mass is 16.3. The van der Waals surface area contributed by atoms with Gasteiger partial charge in [0.05, 0.1) is 31.6 Å². The molecule has 0 aliphatic carbocycles. The molecule has 1 atom stereocenters. The van der Waals surface area contributed by atoms with Gasteiger partial charge in [-0.05, 0) is 13.3 Å². The van der Waals surface area contributed by atoms with Crippen molar-refractivity contribution in [2.24, 2.45) is 0 Å². The Morgan fingerprint density at radius 1 is 1.58 bits per heavy atom. The molecule has 0 saturated carbocycles. The van der Waals surface area contributed by atoms with Crippen LogP contribution in [0.3, 0.4) is 0 Å². The highest BCUT2D eigenvalue weighted by molar-refractivity contribution is 5.78. The maximum atomic E-state index is 11.8. The van der Waals surface area contributed by atoms with Crippen molar-refractivity contribution in [2.45, 2.75) is 45.9 Å². The van der Waals surface area contributed by atoms with Crippen molar-refractivity contribution in [3.05, 3.63) is 17.5 Å². The molecule has 0 radical (unpaired) electrons. The summed E-state index contributed by atoms with van der Waals surface area (Å²) in [5.41, 5.74) is 2.27. The lowest BCUT2D eigenvalue weighted by Gasteiger charge is -2.17. The van der Waals surface area contributed by atoms with Crippen molar-refractivity contribution in [3.8, 4) is 0 Å². The molecule has 0 saturated heterocycles. The molecule has 106 valence electrons. The molecule has 2 heterocycles. The number of rotatable bonds is 6. The smallest absolute Gasteiger partial charge is 0.234 e. The first kappa shape index (κ1) is 14.0. The Morgan fingerprint density at radius 3 is 3.05 bits per heavy atom. The molecule has 6 heteroatoms. The summed E-state index contributed by atoms with van der Waals surface area (Å²) in [4.78, 5) is 13.9. The van der Waals surface area contributed by atoms with E-state index in [1.807, 2.05) is 17.8 Å². The van der Waals surface area contributed by atoms with Crippen LogP contribution < -0.4 is 5.32 Å². The zero-order valence-corrected chi connectivity index (χ0v) is 11.6. The lowest BCUT2D eigenvalue weighted by atomic mass is 10.2. The molecule has 1 aromatic heterocycles. The average Bonchev–Trinajstić information content (AvgIpc) is 2.91. The van der Waals surface area contributed by atoms with Gasteiger partial charge in [-0.3, -0.25) is 14.4 Å². The van der Waals surface area contributed by atoms with Gasteiger partial charge in [-0.15, -0.1) is 0 Å². The van der Waals surface area contributed by atoms with Gasteiger partial charge in [0.1, 0.15) is 0 Å². The Morgan fingerprint density at radius 2 is 2.37 bits per heavy atom. The van der Waals surface area contributed by atoms with E-state index >= 15 is 0 Å². The molecule has 6 nitrogen and oxygen atoms in total. The number of hydrogen-bond acceptors (Lipinski definition) is 4. The predicted molar refractivity (Wildman–Crippen MR) is 71.3 cm³/mol. The number of carbonyl (C=O) groups is 1. The quantitative estimate of drug-likeness (QED) is 0.766. The zero-order valence-electron chi connectivity index (χ0n) is 11.6. The predicted octanol–water partition coefficient (Wildman–Crippen LogP) is 0.106. The van der Waals surface area contributed by atoms with Crippen molar-refractivity contribution in [3.63, 3.8) is 0 Å². The van der Waals surface area contributed by atoms with Gasteiger partial charge in [0, 0.05) is 24.7 Å². The average molecular weight is 266 g/mol. The summed E-state index contributed by atoms with van der Waals surface area (Å²) in [6.45, 7) is 6.57. The maximum absolute atomic E-state index is 11.8. The summed E-state index contributed by atoms with van der Waals surface area (Å²) < 4.78 is 1.82. The Labute approximate surface area is 113 Å². The van der Waals surface area contributed by atoms with E-state index in [1.165, 1.54) is 0 Å². The summed E-state index contributed by atoms with van der Waals surface area (Å²) in [5, 5.41) is 16.2. The number of aromatic nitrogens is 2. The summed E-state index contributed by atoms with van der Waals surface area (Å²) in [5.74, 6) is 0.0705. The van der Waals surface area contributed by atoms with Crippen LogP contribution in [0, 0.1) is 0 Å². The van der Waals surface area contributed by atoms with Crippen LogP contribution in [0.2, 0.25) is 0 Å². The number of aliphatic hydroxyl groups excluding tert-OH is 1. The van der Waals surface area contributed by atoms with Crippen molar-refractivity contribution < 1.29 is 9.90 Å². The number of amides is 1. The lowest BCUT2D eigenvalue weighted by molar-refractivity contribution is -0.123. The van der Waals surface area contributed by atoms with Crippen LogP contribution in [0.4, 0.5) is 0 Å². The first-order valence-corrected chi connectivity index (χ1v) is 6.80. The van der Waals surface area contributed by atoms with Gasteiger partial charge < -0.3 is 10.4 Å². The van der Waals surface area contributed by atoms with E-state index in [1.54, 1.807) is 0 Å². The standard InChI is InChI=1S/C13H22N4O2/c1-3-10(2)15-13(19)9-16-7-11-6-14-17(4-5-18)12(11)8-16/h6,10,18H,3-5,7-9H2,1-2H3,(H,15,19). The Kier molecular flexibility index (Phi) is 4.55. The van der Waals surface area contributed by atoms with Gasteiger partial charge in [0.2, 0.25) is 5.91 Å². The number of carbonyl (C=O) groups excluding carboxylic acids is 1. The number of fused-ring (bicyclic) bond motifs is 1. The SMILES string of the molecule is CCC(C)NC(=O)CN1Cc2cnn(CCO)c2C1. The highest BCUT2D eigenvalue weighted by Gasteiger charge is 2.24. The van der Waals surface area contributed by atoms with Crippen LogP contribution in [-0.4, -0.2) is 44.9 Å². The molecule has 1 aromatic rings. The van der Waals surface area contributed by atoms with Gasteiger partial charge in [-0.2, -0.15) is 5.10 Å². The van der Waals surface area contributed by atoms with Crippen molar-refractivity contribution in [2.75, 3.05) is 13.2 Å². The first-order chi connectivity index (χ1) is 9.13. The number of nitrogens with one attached hydrogen (secondary N) is 1. The molecule has 1 amide bonds. The summed E-state index contributed by atoms with van der Waals surface area (Å²) >= 11 is 0. The van der Waals surface area contributed by atoms with Crippen LogP contribution in [0.25, 0.3) is 0 Å². The topological polar surface area (TPSA) is 70.4 Å². The monoisotopic (exact) mass is 266 g/mol. The van der Waals surface area contributed by atoms with Crippen LogP contribution in [-0.2, 0) is 24.4 Å². The van der Waals surface area contributed by atoms with Gasteiger partial charge in [-0.25, -0.2) is 0 Å². The van der Waals surface area contributed by atoms with Gasteiger partial charge in [-0.1, -0.05) is 6.92 Å². The highest BCUT2D eigenvalue weighted by Crippen LogP contribution is 2.21. The van der Waals surface area contributed by atoms with Crippen molar-refractivity contribution in [1.82, 2.24) is 20.0 Å². The second-order valence-corrected chi connectivity index (χ2v) is 5.09. The molecule has 19 heavy (non-hydrogen) atoms. The normalized spacial score (nSPS) is 16.4. The fraction of sp³-hybridized carbons (Fsp3) is 0.692. The van der Waals surface area contributed by atoms with E-state index in [0.29, 0.717) is 13.1 Å². The Balaban J connectivity index is 1.88. The lowest BCUT2D eigenvalue weighted by Crippen LogP contribution is -2.39. The molecule has 1 aliphatic rings. The van der Waals surface area contributed by atoms with Gasteiger partial charge in [0.25, 0.3) is 0 Å². The van der Waals surface area contributed by atoms with E-state index in [4.69, 9.17) is 5.11 Å². The molecule has 0 aromatic carbocycles. The minimum absolute atomic E-state index is 0.0705. The molecular weight excluding hydrogens is 244 g/mol. The van der Waals surface area contributed by atoms with Crippen LogP contribution in [0.5, 0.6) is 0 Å². The number of nitrogens with zero attached hydrogens (tertiary/aromatic N) is 3. The molecular formula is C13H22N4O2. The minimum atomic E-state index is 0.0705. The van der Waals surface area contributed by atoms with E-state index in [2.05, 4.69) is 22.2 Å². The molecule has 0 spiro atoms. The maximum Gasteiger partial charge on any atom is 0.234 e. The second-order valence-electron chi connectivity index (χ2n) is 5.09. The van der Waals surface area contributed by atoms with Gasteiger partial charge in [0.15, 0.2) is 0 Å². The van der Waals surface area contributed by atoms with E-state index in [9.17, 15) is 4.79 Å². The number of hydrogen-bond donors (Lipinski definition) is 2. The van der Waals surface area contributed by atoms with Crippen LogP contribution >= 0.6 is 0 Å². The van der Waals surface area contributed by atoms with E-state index < -0.39 is 0 Å². The fourth-order valence-electron chi connectivity index (χ4n) is 2.30. The molecule has 2 rings (SSSR count). The molecule has 0 fully saturated rings. The second kappa shape index (κ2) is 6.16. The van der Waals surface area contributed by atoms with Crippen molar-refractivity contribution in [1.29, 1.82) is 0 Å². The molecule has 1 unspecified atom stereocenters. The Bertz CT molecular complexity index is 444. The van der Waals surface area contributed by atoms with Gasteiger partial charge >= 0.3 is 0 Å². The number of aliphatic hydroxyl groups is 1. The third-order valence-electron chi connectivity index (χ3n) is 3.50. The van der Waals surface area contributed by atoms with Crippen LogP contribution in [0.15, 0.2) is 6.20 Å². The van der Waals surface area contributed by atoms with Crippen LogP contribution in [0.1, 0.15) is 31.5 Å². The van der Waals surface area contributed by atoms with E-state index in [0.717, 1.165) is 30.8 Å². The van der Waals surface area contributed by atoms with E-state index in [-0.39, 0.29) is 18.6 Å². The fourth-order valence-corrected chi connectivity index (χ4v) is 2.30.